The fourth-order valence-electron chi connectivity index (χ4n) is 5.27. The Hall–Kier alpha value is -3.05. The zero-order chi connectivity index (χ0) is 21.8. The molecule has 1 fully saturated rings. The number of aliphatic imine (C=N–C) groups is 2. The van der Waals surface area contributed by atoms with Gasteiger partial charge in [0.25, 0.3) is 0 Å². The molecular weight excluding hydrogens is 390 g/mol. The topological polar surface area (TPSA) is 162 Å². The minimum absolute atomic E-state index is 0.108. The lowest BCUT2D eigenvalue weighted by atomic mass is 9.71. The molecule has 3 heterocycles. The number of nitrogens with zero attached hydrogens (tertiary/aromatic N) is 4. The van der Waals surface area contributed by atoms with E-state index in [1.165, 1.54) is 0 Å². The van der Waals surface area contributed by atoms with Crippen LogP contribution in [-0.2, 0) is 4.74 Å². The molecule has 3 aliphatic rings. The number of hydrogen-bond donors (Lipinski definition) is 5. The van der Waals surface area contributed by atoms with Crippen molar-refractivity contribution in [1.82, 2.24) is 9.96 Å². The minimum Gasteiger partial charge on any atom is -0.443 e. The molecule has 162 valence electrons. The number of rotatable bonds is 3. The van der Waals surface area contributed by atoms with Crippen molar-refractivity contribution < 1.29 is 19.8 Å². The first-order valence-electron chi connectivity index (χ1n) is 9.74. The van der Waals surface area contributed by atoms with Gasteiger partial charge in [-0.15, -0.1) is 0 Å². The van der Waals surface area contributed by atoms with E-state index >= 15 is 0 Å². The molecule has 5 atom stereocenters. The number of ether oxygens (including phenoxy) is 1. The third-order valence-corrected chi connectivity index (χ3v) is 6.45. The number of nitrogens with two attached hydrogens (primary N) is 2. The molecule has 0 saturated carbocycles. The Kier molecular flexibility index (Phi) is 4.55. The zero-order valence-corrected chi connectivity index (χ0v) is 17.1. The molecule has 0 radical (unpaired) electrons. The number of nitrogens with one attached hydrogen (secondary N) is 1. The summed E-state index contributed by atoms with van der Waals surface area (Å²) in [6.07, 6.45) is -1.34. The number of anilines is 1. The molecule has 11 heteroatoms. The van der Waals surface area contributed by atoms with E-state index in [9.17, 15) is 15.1 Å². The molecule has 3 aliphatic heterocycles. The molecule has 30 heavy (non-hydrogen) atoms. The first kappa shape index (κ1) is 20.2. The SMILES string of the molecule is CC1C(OC(=O)Nc2ccccc2)C(C)(C)C23C(N=C(N)N2O)C(CO)N=C(N)N13. The lowest BCUT2D eigenvalue weighted by molar-refractivity contribution is -0.197. The van der Waals surface area contributed by atoms with Crippen molar-refractivity contribution in [2.45, 2.75) is 50.7 Å². The molecule has 4 rings (SSSR count). The summed E-state index contributed by atoms with van der Waals surface area (Å²) in [7, 11) is 0. The molecule has 1 spiro atoms. The normalized spacial score (nSPS) is 34.0. The van der Waals surface area contributed by atoms with E-state index in [2.05, 4.69) is 15.3 Å². The van der Waals surface area contributed by atoms with E-state index in [0.717, 1.165) is 5.06 Å². The van der Waals surface area contributed by atoms with E-state index in [1.807, 2.05) is 26.8 Å². The van der Waals surface area contributed by atoms with Gasteiger partial charge < -0.3 is 26.2 Å². The van der Waals surface area contributed by atoms with Crippen LogP contribution in [0.4, 0.5) is 10.5 Å². The molecule has 5 unspecified atom stereocenters. The third kappa shape index (κ3) is 2.48. The number of amides is 1. The van der Waals surface area contributed by atoms with Crippen LogP contribution >= 0.6 is 0 Å². The Morgan fingerprint density at radius 1 is 1.23 bits per heavy atom. The van der Waals surface area contributed by atoms with Gasteiger partial charge in [0, 0.05) is 5.69 Å². The quantitative estimate of drug-likeness (QED) is 0.463. The summed E-state index contributed by atoms with van der Waals surface area (Å²) in [4.78, 5) is 23.1. The summed E-state index contributed by atoms with van der Waals surface area (Å²) in [5, 5.41) is 24.5. The maximum atomic E-state index is 12.7. The number of aliphatic hydroxyl groups excluding tert-OH is 1. The summed E-state index contributed by atoms with van der Waals surface area (Å²) < 4.78 is 5.84. The van der Waals surface area contributed by atoms with Crippen LogP contribution in [0, 0.1) is 5.41 Å². The van der Waals surface area contributed by atoms with E-state index in [-0.39, 0.29) is 18.5 Å². The van der Waals surface area contributed by atoms with Crippen molar-refractivity contribution in [2.24, 2.45) is 26.9 Å². The van der Waals surface area contributed by atoms with Crippen molar-refractivity contribution in [3.63, 3.8) is 0 Å². The highest BCUT2D eigenvalue weighted by Crippen LogP contribution is 2.57. The van der Waals surface area contributed by atoms with Gasteiger partial charge in [0.05, 0.1) is 18.1 Å². The highest BCUT2D eigenvalue weighted by molar-refractivity contribution is 5.88. The Morgan fingerprint density at radius 3 is 2.53 bits per heavy atom. The highest BCUT2D eigenvalue weighted by Gasteiger charge is 2.75. The first-order valence-corrected chi connectivity index (χ1v) is 9.74. The summed E-state index contributed by atoms with van der Waals surface area (Å²) in [6.45, 7) is 5.21. The molecule has 11 nitrogen and oxygen atoms in total. The Labute approximate surface area is 174 Å². The minimum atomic E-state index is -1.27. The van der Waals surface area contributed by atoms with Crippen molar-refractivity contribution in [1.29, 1.82) is 0 Å². The third-order valence-electron chi connectivity index (χ3n) is 6.45. The average Bonchev–Trinajstić information content (AvgIpc) is 3.07. The Morgan fingerprint density at radius 2 is 1.90 bits per heavy atom. The molecule has 7 N–H and O–H groups in total. The van der Waals surface area contributed by atoms with Crippen molar-refractivity contribution >= 4 is 23.7 Å². The zero-order valence-electron chi connectivity index (χ0n) is 17.1. The number of hydroxylamine groups is 2. The van der Waals surface area contributed by atoms with Gasteiger partial charge in [-0.3, -0.25) is 10.5 Å². The number of carbonyl (C=O) groups is 1. The molecule has 1 aromatic carbocycles. The van der Waals surface area contributed by atoms with Gasteiger partial charge in [-0.05, 0) is 19.1 Å². The Bertz CT molecular complexity index is 905. The van der Waals surface area contributed by atoms with Gasteiger partial charge in [-0.25, -0.2) is 14.8 Å². The van der Waals surface area contributed by atoms with Crippen molar-refractivity contribution in [3.8, 4) is 0 Å². The number of carbonyl (C=O) groups excluding carboxylic acids is 1. The van der Waals surface area contributed by atoms with Crippen LogP contribution in [0.2, 0.25) is 0 Å². The summed E-state index contributed by atoms with van der Waals surface area (Å²) in [6, 6.07) is 7.09. The molecule has 1 amide bonds. The van der Waals surface area contributed by atoms with Crippen LogP contribution in [0.5, 0.6) is 0 Å². The van der Waals surface area contributed by atoms with Gasteiger partial charge in [-0.1, -0.05) is 32.0 Å². The predicted molar refractivity (Wildman–Crippen MR) is 110 cm³/mol. The van der Waals surface area contributed by atoms with Gasteiger partial charge in [-0.2, -0.15) is 5.06 Å². The van der Waals surface area contributed by atoms with Gasteiger partial charge in [0.15, 0.2) is 11.6 Å². The standard InChI is InChI=1S/C19H27N7O4/c1-10-14(30-17(28)22-11-7-5-4-6-8-11)18(2,3)19-13(24-16(21)26(19)29)12(9-27)23-15(20)25(10)19/h4-8,10,12-14,27,29H,9H2,1-3H3,(H2,20,23)(H2,21,24)(H,22,28). The molecule has 0 bridgehead atoms. The van der Waals surface area contributed by atoms with Gasteiger partial charge in [0.2, 0.25) is 5.96 Å². The molecule has 0 aromatic heterocycles. The number of guanidine groups is 2. The van der Waals surface area contributed by atoms with Crippen LogP contribution in [0.3, 0.4) is 0 Å². The van der Waals surface area contributed by atoms with E-state index < -0.39 is 41.4 Å². The second kappa shape index (κ2) is 6.74. The van der Waals surface area contributed by atoms with Crippen molar-refractivity contribution in [3.05, 3.63) is 30.3 Å². The monoisotopic (exact) mass is 417 g/mol. The van der Waals surface area contributed by atoms with Gasteiger partial charge >= 0.3 is 6.09 Å². The van der Waals surface area contributed by atoms with Crippen LogP contribution in [-0.4, -0.2) is 74.8 Å². The number of para-hydroxylation sites is 1. The molecule has 0 aliphatic carbocycles. The van der Waals surface area contributed by atoms with E-state index in [1.54, 1.807) is 29.2 Å². The predicted octanol–water partition coefficient (Wildman–Crippen LogP) is 0.108. The van der Waals surface area contributed by atoms with Crippen molar-refractivity contribution in [2.75, 3.05) is 11.9 Å². The fraction of sp³-hybridized carbons (Fsp3) is 0.526. The second-order valence-electron chi connectivity index (χ2n) is 8.36. The van der Waals surface area contributed by atoms with Crippen LogP contribution in [0.25, 0.3) is 0 Å². The fourth-order valence-corrected chi connectivity index (χ4v) is 5.27. The first-order chi connectivity index (χ1) is 14.2. The average molecular weight is 417 g/mol. The van der Waals surface area contributed by atoms with E-state index in [0.29, 0.717) is 5.69 Å². The van der Waals surface area contributed by atoms with E-state index in [4.69, 9.17) is 16.2 Å². The maximum Gasteiger partial charge on any atom is 0.411 e. The summed E-state index contributed by atoms with van der Waals surface area (Å²) in [5.41, 5.74) is 10.6. The maximum absolute atomic E-state index is 12.7. The smallest absolute Gasteiger partial charge is 0.411 e. The lowest BCUT2D eigenvalue weighted by Gasteiger charge is -2.53. The highest BCUT2D eigenvalue weighted by atomic mass is 16.6. The number of benzene rings is 1. The van der Waals surface area contributed by atoms with Crippen LogP contribution in [0.1, 0.15) is 20.8 Å². The van der Waals surface area contributed by atoms with Crippen LogP contribution in [0.15, 0.2) is 40.3 Å². The lowest BCUT2D eigenvalue weighted by Crippen LogP contribution is -2.74. The number of hydrogen-bond acceptors (Lipinski definition) is 10. The van der Waals surface area contributed by atoms with Gasteiger partial charge in [0.1, 0.15) is 18.2 Å². The van der Waals surface area contributed by atoms with Crippen LogP contribution < -0.4 is 16.8 Å². The summed E-state index contributed by atoms with van der Waals surface area (Å²) in [5.74, 6) is 0.00686. The molecule has 1 saturated heterocycles. The largest absolute Gasteiger partial charge is 0.443 e. The Balaban J connectivity index is 1.71. The number of aliphatic hydroxyl groups is 1. The summed E-state index contributed by atoms with van der Waals surface area (Å²) >= 11 is 0. The molecule has 1 aromatic rings. The second-order valence-corrected chi connectivity index (χ2v) is 8.36. The molecular formula is C19H27N7O4.